The van der Waals surface area contributed by atoms with Gasteiger partial charge in [0.1, 0.15) is 6.04 Å². The smallest absolute Gasteiger partial charge is 0.326 e. The normalized spacial score (nSPS) is 11.3. The van der Waals surface area contributed by atoms with E-state index in [2.05, 4.69) is 15.4 Å². The molecule has 7 heteroatoms. The Kier molecular flexibility index (Phi) is 6.19. The minimum Gasteiger partial charge on any atom is -0.480 e. The maximum Gasteiger partial charge on any atom is 0.326 e. The number of aryl methyl sites for hydroxylation is 1. The lowest BCUT2D eigenvalue weighted by atomic mass is 10.1. The van der Waals surface area contributed by atoms with Gasteiger partial charge in [0.05, 0.1) is 13.5 Å². The van der Waals surface area contributed by atoms with Gasteiger partial charge in [0.15, 0.2) is 0 Å². The van der Waals surface area contributed by atoms with Gasteiger partial charge in [-0.1, -0.05) is 19.1 Å². The average molecular weight is 294 g/mol. The van der Waals surface area contributed by atoms with Crippen molar-refractivity contribution in [2.75, 3.05) is 12.4 Å². The number of urea groups is 1. The van der Waals surface area contributed by atoms with Crippen LogP contribution in [0.5, 0.6) is 0 Å². The van der Waals surface area contributed by atoms with Gasteiger partial charge in [-0.15, -0.1) is 0 Å². The number of carboxylic acid groups (broad SMARTS) is 1. The van der Waals surface area contributed by atoms with Gasteiger partial charge in [-0.3, -0.25) is 4.79 Å². The molecule has 0 spiro atoms. The van der Waals surface area contributed by atoms with Crippen molar-refractivity contribution in [2.24, 2.45) is 0 Å². The molecule has 0 unspecified atom stereocenters. The van der Waals surface area contributed by atoms with E-state index in [4.69, 9.17) is 5.11 Å². The maximum atomic E-state index is 11.7. The molecule has 0 aliphatic rings. The highest BCUT2D eigenvalue weighted by molar-refractivity contribution is 5.93. The van der Waals surface area contributed by atoms with Crippen LogP contribution in [0.4, 0.5) is 10.5 Å². The lowest BCUT2D eigenvalue weighted by molar-refractivity contribution is -0.147. The summed E-state index contributed by atoms with van der Waals surface area (Å²) in [5.41, 5.74) is 1.65. The fourth-order valence-electron chi connectivity index (χ4n) is 1.60. The number of benzene rings is 1. The molecule has 0 heterocycles. The van der Waals surface area contributed by atoms with Crippen LogP contribution in [0.3, 0.4) is 0 Å². The Labute approximate surface area is 122 Å². The van der Waals surface area contributed by atoms with Crippen LogP contribution < -0.4 is 10.6 Å². The number of amides is 2. The van der Waals surface area contributed by atoms with E-state index in [1.807, 2.05) is 19.1 Å². The van der Waals surface area contributed by atoms with Gasteiger partial charge in [-0.05, 0) is 24.1 Å². The zero-order valence-corrected chi connectivity index (χ0v) is 11.9. The van der Waals surface area contributed by atoms with E-state index in [9.17, 15) is 14.4 Å². The molecular weight excluding hydrogens is 276 g/mol. The number of carbonyl (C=O) groups excluding carboxylic acids is 2. The van der Waals surface area contributed by atoms with Crippen LogP contribution in [0.1, 0.15) is 18.9 Å². The number of aliphatic carboxylic acids is 1. The third-order valence-corrected chi connectivity index (χ3v) is 2.82. The van der Waals surface area contributed by atoms with Crippen molar-refractivity contribution in [3.63, 3.8) is 0 Å². The summed E-state index contributed by atoms with van der Waals surface area (Å²) in [7, 11) is 1.15. The van der Waals surface area contributed by atoms with Crippen LogP contribution in [-0.4, -0.2) is 36.2 Å². The lowest BCUT2D eigenvalue weighted by Gasteiger charge is -2.14. The Morgan fingerprint density at radius 3 is 2.33 bits per heavy atom. The summed E-state index contributed by atoms with van der Waals surface area (Å²) in [5.74, 6) is -2.02. The first-order valence-corrected chi connectivity index (χ1v) is 6.42. The zero-order valence-electron chi connectivity index (χ0n) is 11.9. The van der Waals surface area contributed by atoms with Gasteiger partial charge in [-0.2, -0.15) is 0 Å². The second kappa shape index (κ2) is 7.88. The highest BCUT2D eigenvalue weighted by atomic mass is 16.5. The largest absolute Gasteiger partial charge is 0.480 e. The minimum absolute atomic E-state index is 0.436. The van der Waals surface area contributed by atoms with E-state index < -0.39 is 30.4 Å². The van der Waals surface area contributed by atoms with Crippen LogP contribution in [0, 0.1) is 0 Å². The second-order valence-electron chi connectivity index (χ2n) is 4.32. The number of nitrogens with one attached hydrogen (secondary N) is 2. The third kappa shape index (κ3) is 5.52. The molecule has 1 aromatic rings. The quantitative estimate of drug-likeness (QED) is 0.688. The summed E-state index contributed by atoms with van der Waals surface area (Å²) >= 11 is 0. The summed E-state index contributed by atoms with van der Waals surface area (Å²) < 4.78 is 4.38. The molecule has 0 aliphatic heterocycles. The maximum absolute atomic E-state index is 11.7. The molecule has 0 radical (unpaired) electrons. The van der Waals surface area contributed by atoms with E-state index in [1.165, 1.54) is 0 Å². The standard InChI is InChI=1S/C14H18N2O5/c1-3-9-4-6-10(7-5-9)15-14(20)16-11(13(18)19)8-12(17)21-2/h4-7,11H,3,8H2,1-2H3,(H,18,19)(H2,15,16,20)/t11-/m0/s1. The average Bonchev–Trinajstić information content (AvgIpc) is 2.47. The van der Waals surface area contributed by atoms with Crippen molar-refractivity contribution in [1.82, 2.24) is 5.32 Å². The van der Waals surface area contributed by atoms with E-state index in [0.717, 1.165) is 19.1 Å². The highest BCUT2D eigenvalue weighted by Gasteiger charge is 2.23. The molecule has 0 saturated heterocycles. The predicted molar refractivity (Wildman–Crippen MR) is 76.0 cm³/mol. The molecule has 1 aromatic carbocycles. The van der Waals surface area contributed by atoms with Crippen molar-refractivity contribution < 1.29 is 24.2 Å². The second-order valence-corrected chi connectivity index (χ2v) is 4.32. The number of rotatable bonds is 6. The van der Waals surface area contributed by atoms with Gasteiger partial charge in [0, 0.05) is 5.69 Å². The Bertz CT molecular complexity index is 513. The van der Waals surface area contributed by atoms with Gasteiger partial charge in [-0.25, -0.2) is 9.59 Å². The molecule has 0 aromatic heterocycles. The Morgan fingerprint density at radius 1 is 1.24 bits per heavy atom. The lowest BCUT2D eigenvalue weighted by Crippen LogP contribution is -2.44. The van der Waals surface area contributed by atoms with Crippen LogP contribution in [0.15, 0.2) is 24.3 Å². The minimum atomic E-state index is -1.34. The number of carbonyl (C=O) groups is 3. The summed E-state index contributed by atoms with van der Waals surface area (Å²) in [4.78, 5) is 33.8. The fourth-order valence-corrected chi connectivity index (χ4v) is 1.60. The van der Waals surface area contributed by atoms with E-state index in [1.54, 1.807) is 12.1 Å². The van der Waals surface area contributed by atoms with Gasteiger partial charge in [0.2, 0.25) is 0 Å². The molecule has 21 heavy (non-hydrogen) atoms. The molecular formula is C14H18N2O5. The molecule has 114 valence electrons. The van der Waals surface area contributed by atoms with Crippen molar-refractivity contribution in [3.8, 4) is 0 Å². The van der Waals surface area contributed by atoms with Crippen LogP contribution in [-0.2, 0) is 20.7 Å². The van der Waals surface area contributed by atoms with Crippen LogP contribution in [0.2, 0.25) is 0 Å². The number of ether oxygens (including phenoxy) is 1. The monoisotopic (exact) mass is 294 g/mol. The Balaban J connectivity index is 2.60. The van der Waals surface area contributed by atoms with Crippen LogP contribution >= 0.6 is 0 Å². The van der Waals surface area contributed by atoms with E-state index >= 15 is 0 Å². The molecule has 0 bridgehead atoms. The topological polar surface area (TPSA) is 105 Å². The summed E-state index contributed by atoms with van der Waals surface area (Å²) in [6, 6.07) is 5.11. The molecule has 3 N–H and O–H groups in total. The fraction of sp³-hybridized carbons (Fsp3) is 0.357. The van der Waals surface area contributed by atoms with E-state index in [-0.39, 0.29) is 0 Å². The number of hydrogen-bond acceptors (Lipinski definition) is 4. The van der Waals surface area contributed by atoms with Gasteiger partial charge >= 0.3 is 18.0 Å². The number of methoxy groups -OCH3 is 1. The molecule has 0 aliphatic carbocycles. The van der Waals surface area contributed by atoms with Crippen molar-refractivity contribution >= 4 is 23.7 Å². The van der Waals surface area contributed by atoms with Crippen molar-refractivity contribution in [3.05, 3.63) is 29.8 Å². The number of esters is 1. The number of carboxylic acids is 1. The third-order valence-electron chi connectivity index (χ3n) is 2.82. The first kappa shape index (κ1) is 16.5. The SMILES string of the molecule is CCc1ccc(NC(=O)N[C@@H](CC(=O)OC)C(=O)O)cc1. The van der Waals surface area contributed by atoms with Gasteiger partial charge < -0.3 is 20.5 Å². The first-order valence-electron chi connectivity index (χ1n) is 6.42. The molecule has 0 fully saturated rings. The summed E-state index contributed by atoms with van der Waals surface area (Å²) in [5, 5.41) is 13.7. The van der Waals surface area contributed by atoms with Gasteiger partial charge in [0.25, 0.3) is 0 Å². The van der Waals surface area contributed by atoms with Crippen LogP contribution in [0.25, 0.3) is 0 Å². The highest BCUT2D eigenvalue weighted by Crippen LogP contribution is 2.09. The summed E-state index contributed by atoms with van der Waals surface area (Å²) in [6.45, 7) is 2.01. The number of anilines is 1. The van der Waals surface area contributed by atoms with Crippen molar-refractivity contribution in [1.29, 1.82) is 0 Å². The Morgan fingerprint density at radius 2 is 1.86 bits per heavy atom. The summed E-state index contributed by atoms with van der Waals surface area (Å²) in [6.07, 6.45) is 0.445. The van der Waals surface area contributed by atoms with Crippen molar-refractivity contribution in [2.45, 2.75) is 25.8 Å². The molecule has 2 amide bonds. The molecule has 0 saturated carbocycles. The molecule has 7 nitrogen and oxygen atoms in total. The molecule has 1 rings (SSSR count). The predicted octanol–water partition coefficient (Wildman–Crippen LogP) is 1.39. The first-order chi connectivity index (χ1) is 9.96. The number of hydrogen-bond donors (Lipinski definition) is 3. The Hall–Kier alpha value is -2.57. The molecule has 1 atom stereocenters. The zero-order chi connectivity index (χ0) is 15.8. The van der Waals surface area contributed by atoms with E-state index in [0.29, 0.717) is 5.69 Å².